The molecule has 25 heavy (non-hydrogen) atoms. The number of amides is 3. The summed E-state index contributed by atoms with van der Waals surface area (Å²) < 4.78 is 13.5. The number of benzene rings is 2. The maximum absolute atomic E-state index is 13.5. The molecule has 3 amide bonds. The fraction of sp³-hybridized carbons (Fsp3) is 0.167. The predicted molar refractivity (Wildman–Crippen MR) is 89.2 cm³/mol. The van der Waals surface area contributed by atoms with Crippen LogP contribution in [0.2, 0.25) is 0 Å². The van der Waals surface area contributed by atoms with Crippen molar-refractivity contribution >= 4 is 23.4 Å². The minimum absolute atomic E-state index is 0.00795. The summed E-state index contributed by atoms with van der Waals surface area (Å²) in [5.74, 6) is -1.78. The number of rotatable bonds is 4. The molecule has 0 radical (unpaired) electrons. The van der Waals surface area contributed by atoms with Crippen LogP contribution in [0.3, 0.4) is 0 Å². The van der Waals surface area contributed by atoms with Crippen LogP contribution in [0, 0.1) is 5.82 Å². The Morgan fingerprint density at radius 3 is 2.60 bits per heavy atom. The van der Waals surface area contributed by atoms with Gasteiger partial charge in [0.25, 0.3) is 5.91 Å². The molecule has 0 spiro atoms. The number of carbonyl (C=O) groups excluding carboxylic acids is 3. The highest BCUT2D eigenvalue weighted by Gasteiger charge is 2.29. The smallest absolute Gasteiger partial charge is 0.254 e. The van der Waals surface area contributed by atoms with E-state index >= 15 is 0 Å². The van der Waals surface area contributed by atoms with E-state index in [2.05, 4.69) is 16.0 Å². The third-order valence-corrected chi connectivity index (χ3v) is 3.87. The van der Waals surface area contributed by atoms with Crippen molar-refractivity contribution in [1.29, 1.82) is 0 Å². The Hall–Kier alpha value is -3.22. The van der Waals surface area contributed by atoms with E-state index in [4.69, 9.17) is 0 Å². The van der Waals surface area contributed by atoms with Crippen LogP contribution in [0.15, 0.2) is 48.5 Å². The van der Waals surface area contributed by atoms with E-state index in [9.17, 15) is 18.8 Å². The Kier molecular flexibility index (Phi) is 4.74. The quantitative estimate of drug-likeness (QED) is 0.789. The van der Waals surface area contributed by atoms with Gasteiger partial charge < -0.3 is 16.0 Å². The van der Waals surface area contributed by atoms with Crippen molar-refractivity contribution in [3.63, 3.8) is 0 Å². The first-order valence-corrected chi connectivity index (χ1v) is 7.75. The molecule has 1 aliphatic rings. The van der Waals surface area contributed by atoms with Gasteiger partial charge in [0.2, 0.25) is 11.8 Å². The van der Waals surface area contributed by atoms with Crippen LogP contribution >= 0.6 is 0 Å². The molecule has 3 N–H and O–H groups in total. The third kappa shape index (κ3) is 3.82. The second-order valence-corrected chi connectivity index (χ2v) is 5.63. The van der Waals surface area contributed by atoms with Crippen molar-refractivity contribution in [1.82, 2.24) is 10.6 Å². The van der Waals surface area contributed by atoms with Crippen LogP contribution in [-0.4, -0.2) is 23.8 Å². The van der Waals surface area contributed by atoms with Gasteiger partial charge in [0.15, 0.2) is 0 Å². The van der Waals surface area contributed by atoms with E-state index in [1.165, 1.54) is 6.07 Å². The lowest BCUT2D eigenvalue weighted by molar-refractivity contribution is -0.125. The Labute approximate surface area is 143 Å². The summed E-state index contributed by atoms with van der Waals surface area (Å²) in [5, 5.41) is 7.72. The predicted octanol–water partition coefficient (Wildman–Crippen LogP) is 1.58. The van der Waals surface area contributed by atoms with Gasteiger partial charge in [-0.1, -0.05) is 30.3 Å². The summed E-state index contributed by atoms with van der Waals surface area (Å²) in [6.07, 6.45) is -0.236. The van der Waals surface area contributed by atoms with Crippen LogP contribution in [-0.2, 0) is 16.1 Å². The van der Waals surface area contributed by atoms with Crippen molar-refractivity contribution in [2.45, 2.75) is 19.0 Å². The van der Waals surface area contributed by atoms with E-state index in [1.54, 1.807) is 42.5 Å². The molecule has 2 aromatic carbocycles. The van der Waals surface area contributed by atoms with Crippen LogP contribution < -0.4 is 16.0 Å². The fourth-order valence-electron chi connectivity index (χ4n) is 2.55. The number of halogens is 1. The number of hydrogen-bond acceptors (Lipinski definition) is 3. The molecule has 3 rings (SSSR count). The molecule has 0 aliphatic carbocycles. The van der Waals surface area contributed by atoms with E-state index in [1.807, 2.05) is 0 Å². The monoisotopic (exact) mass is 341 g/mol. The van der Waals surface area contributed by atoms with Gasteiger partial charge in [-0.25, -0.2) is 4.39 Å². The van der Waals surface area contributed by atoms with Gasteiger partial charge in [-0.05, 0) is 18.2 Å². The zero-order valence-corrected chi connectivity index (χ0v) is 13.2. The van der Waals surface area contributed by atoms with Crippen LogP contribution in [0.25, 0.3) is 0 Å². The highest BCUT2D eigenvalue weighted by molar-refractivity contribution is 6.10. The zero-order valence-electron chi connectivity index (χ0n) is 13.2. The lowest BCUT2D eigenvalue weighted by Crippen LogP contribution is -2.44. The van der Waals surface area contributed by atoms with E-state index in [0.717, 1.165) is 0 Å². The highest BCUT2D eigenvalue weighted by atomic mass is 19.1. The molecule has 6 nitrogen and oxygen atoms in total. The molecule has 0 bridgehead atoms. The van der Waals surface area contributed by atoms with Crippen molar-refractivity contribution in [2.75, 3.05) is 5.32 Å². The van der Waals surface area contributed by atoms with Crippen LogP contribution in [0.4, 0.5) is 10.1 Å². The van der Waals surface area contributed by atoms with Gasteiger partial charge in [0.1, 0.15) is 11.9 Å². The maximum atomic E-state index is 13.5. The van der Waals surface area contributed by atoms with Gasteiger partial charge in [-0.3, -0.25) is 14.4 Å². The van der Waals surface area contributed by atoms with Gasteiger partial charge in [0, 0.05) is 12.1 Å². The van der Waals surface area contributed by atoms with E-state index < -0.39 is 29.6 Å². The largest absolute Gasteiger partial charge is 0.352 e. The summed E-state index contributed by atoms with van der Waals surface area (Å²) in [5.41, 5.74) is 1.09. The number of para-hydroxylation sites is 1. The lowest BCUT2D eigenvalue weighted by Gasteiger charge is -2.14. The molecule has 0 fully saturated rings. The van der Waals surface area contributed by atoms with Crippen molar-refractivity contribution in [3.8, 4) is 0 Å². The molecule has 2 aromatic rings. The minimum Gasteiger partial charge on any atom is -0.352 e. The molecule has 0 unspecified atom stereocenters. The Bertz CT molecular complexity index is 838. The van der Waals surface area contributed by atoms with Gasteiger partial charge >= 0.3 is 0 Å². The number of carbonyl (C=O) groups is 3. The first kappa shape index (κ1) is 16.6. The minimum atomic E-state index is -1.000. The molecule has 1 atom stereocenters. The lowest BCUT2D eigenvalue weighted by atomic mass is 10.1. The number of anilines is 1. The first-order valence-electron chi connectivity index (χ1n) is 7.75. The second-order valence-electron chi connectivity index (χ2n) is 5.63. The standard InChI is InChI=1S/C18H16FN3O3/c19-13-7-3-1-5-11(13)10-20-16(23)9-15-18(25)21-14-8-4-2-6-12(14)17(24)22-15/h1-8,15H,9-10H2,(H,20,23)(H,21,25)(H,22,24)/t15-/m0/s1. The van der Waals surface area contributed by atoms with Crippen molar-refractivity contribution in [2.24, 2.45) is 0 Å². The van der Waals surface area contributed by atoms with E-state index in [-0.39, 0.29) is 13.0 Å². The van der Waals surface area contributed by atoms with Crippen LogP contribution in [0.5, 0.6) is 0 Å². The molecule has 0 aromatic heterocycles. The third-order valence-electron chi connectivity index (χ3n) is 3.87. The van der Waals surface area contributed by atoms with E-state index in [0.29, 0.717) is 16.8 Å². The molecular weight excluding hydrogens is 325 g/mol. The topological polar surface area (TPSA) is 87.3 Å². The number of hydrogen-bond donors (Lipinski definition) is 3. The summed E-state index contributed by atoms with van der Waals surface area (Å²) in [6, 6.07) is 11.7. The molecule has 128 valence electrons. The SMILES string of the molecule is O=C(C[C@@H]1NC(=O)c2ccccc2NC1=O)NCc1ccccc1F. The summed E-state index contributed by atoms with van der Waals surface area (Å²) >= 11 is 0. The highest BCUT2D eigenvalue weighted by Crippen LogP contribution is 2.18. The van der Waals surface area contributed by atoms with Gasteiger partial charge in [0.05, 0.1) is 17.7 Å². The Morgan fingerprint density at radius 1 is 1.08 bits per heavy atom. The van der Waals surface area contributed by atoms with Crippen molar-refractivity contribution in [3.05, 3.63) is 65.5 Å². The second kappa shape index (κ2) is 7.12. The zero-order chi connectivity index (χ0) is 17.8. The average molecular weight is 341 g/mol. The molecular formula is C18H16FN3O3. The molecule has 1 aliphatic heterocycles. The molecule has 0 saturated carbocycles. The fourth-order valence-corrected chi connectivity index (χ4v) is 2.55. The van der Waals surface area contributed by atoms with Crippen LogP contribution in [0.1, 0.15) is 22.3 Å². The summed E-state index contributed by atoms with van der Waals surface area (Å²) in [4.78, 5) is 36.5. The first-order chi connectivity index (χ1) is 12.0. The van der Waals surface area contributed by atoms with Crippen molar-refractivity contribution < 1.29 is 18.8 Å². The summed E-state index contributed by atoms with van der Waals surface area (Å²) in [6.45, 7) is 0.00795. The molecule has 1 heterocycles. The normalized spacial score (nSPS) is 16.3. The number of fused-ring (bicyclic) bond motifs is 1. The average Bonchev–Trinajstić information content (AvgIpc) is 2.71. The maximum Gasteiger partial charge on any atom is 0.254 e. The Morgan fingerprint density at radius 2 is 1.80 bits per heavy atom. The molecule has 0 saturated heterocycles. The van der Waals surface area contributed by atoms with Gasteiger partial charge in [-0.2, -0.15) is 0 Å². The van der Waals surface area contributed by atoms with Gasteiger partial charge in [-0.15, -0.1) is 0 Å². The Balaban J connectivity index is 1.63. The molecule has 7 heteroatoms. The summed E-state index contributed by atoms with van der Waals surface area (Å²) in [7, 11) is 0. The number of nitrogens with one attached hydrogen (secondary N) is 3.